The summed E-state index contributed by atoms with van der Waals surface area (Å²) in [5.41, 5.74) is 5.30. The second-order valence-corrected chi connectivity index (χ2v) is 2.56. The van der Waals surface area contributed by atoms with Gasteiger partial charge in [-0.1, -0.05) is 0 Å². The topological polar surface area (TPSA) is 92.0 Å². The summed E-state index contributed by atoms with van der Waals surface area (Å²) in [5, 5.41) is 7.12. The van der Waals surface area contributed by atoms with E-state index in [4.69, 9.17) is 11.6 Å². The van der Waals surface area contributed by atoms with Crippen LogP contribution in [0.25, 0.3) is 0 Å². The van der Waals surface area contributed by atoms with E-state index in [1.807, 2.05) is 0 Å². The summed E-state index contributed by atoms with van der Waals surface area (Å²) in [5.74, 6) is 5.89. The van der Waals surface area contributed by atoms with Gasteiger partial charge < -0.3 is 16.3 Å². The minimum Gasteiger partial charge on any atom is -0.375 e. The van der Waals surface area contributed by atoms with Gasteiger partial charge in [0.05, 0.1) is 6.61 Å². The Morgan fingerprint density at radius 3 is 2.64 bits per heavy atom. The minimum absolute atomic E-state index is 0.0776. The maximum Gasteiger partial charge on any atom is 0.261 e. The van der Waals surface area contributed by atoms with Crippen LogP contribution in [0.15, 0.2) is 0 Å². The first-order valence-electron chi connectivity index (χ1n) is 3.92. The molecule has 0 saturated carbocycles. The van der Waals surface area contributed by atoms with E-state index < -0.39 is 13.0 Å². The molecule has 80 valence electrons. The zero-order valence-electron chi connectivity index (χ0n) is 7.36. The maximum absolute atomic E-state index is 11.6. The molecule has 0 spiro atoms. The summed E-state index contributed by atoms with van der Waals surface area (Å²) in [7, 11) is 0. The molecule has 0 radical (unpaired) electrons. The highest BCUT2D eigenvalue weighted by Crippen LogP contribution is 1.99. The smallest absolute Gasteiger partial charge is 0.261 e. The fourth-order valence-corrected chi connectivity index (χ4v) is 0.844. The van der Waals surface area contributed by atoms with Gasteiger partial charge >= 0.3 is 0 Å². The van der Waals surface area contributed by atoms with E-state index in [1.54, 1.807) is 0 Å². The van der Waals surface area contributed by atoms with Crippen molar-refractivity contribution in [3.8, 4) is 0 Å². The summed E-state index contributed by atoms with van der Waals surface area (Å²) < 4.78 is 29.0. The SMILES string of the molecule is Nc1nnc(CCOCC(F)F)n1N. The van der Waals surface area contributed by atoms with Gasteiger partial charge in [-0.15, -0.1) is 10.2 Å². The molecule has 0 atom stereocenters. The van der Waals surface area contributed by atoms with Crippen LogP contribution in [0.3, 0.4) is 0 Å². The molecule has 1 aromatic heterocycles. The molecule has 0 saturated heterocycles. The van der Waals surface area contributed by atoms with E-state index in [1.165, 1.54) is 0 Å². The molecule has 14 heavy (non-hydrogen) atoms. The van der Waals surface area contributed by atoms with E-state index >= 15 is 0 Å². The molecule has 0 aliphatic carbocycles. The van der Waals surface area contributed by atoms with Crippen molar-refractivity contribution < 1.29 is 13.5 Å². The molecule has 0 amide bonds. The average Bonchev–Trinajstić information content (AvgIpc) is 2.43. The van der Waals surface area contributed by atoms with Crippen LogP contribution in [0.4, 0.5) is 14.7 Å². The number of ether oxygens (including phenoxy) is 1. The summed E-state index contributed by atoms with van der Waals surface area (Å²) in [6.07, 6.45) is -2.16. The summed E-state index contributed by atoms with van der Waals surface area (Å²) in [4.78, 5) is 0. The van der Waals surface area contributed by atoms with E-state index in [9.17, 15) is 8.78 Å². The van der Waals surface area contributed by atoms with Crippen LogP contribution in [0.5, 0.6) is 0 Å². The second-order valence-electron chi connectivity index (χ2n) is 2.56. The largest absolute Gasteiger partial charge is 0.375 e. The van der Waals surface area contributed by atoms with Gasteiger partial charge in [-0.3, -0.25) is 0 Å². The lowest BCUT2D eigenvalue weighted by molar-refractivity contribution is 0.0182. The average molecular weight is 207 g/mol. The molecule has 4 N–H and O–H groups in total. The van der Waals surface area contributed by atoms with Crippen molar-refractivity contribution in [1.29, 1.82) is 0 Å². The van der Waals surface area contributed by atoms with Gasteiger partial charge in [0, 0.05) is 6.42 Å². The van der Waals surface area contributed by atoms with Crippen LogP contribution >= 0.6 is 0 Å². The Hall–Kier alpha value is -1.44. The van der Waals surface area contributed by atoms with Crippen molar-refractivity contribution in [3.63, 3.8) is 0 Å². The molecule has 1 rings (SSSR count). The zero-order chi connectivity index (χ0) is 10.6. The highest BCUT2D eigenvalue weighted by Gasteiger charge is 2.07. The van der Waals surface area contributed by atoms with E-state index in [2.05, 4.69) is 14.9 Å². The standard InChI is InChI=1S/C6H11F2N5O/c7-4(8)3-14-2-1-5-11-12-6(9)13(5)10/h4H,1-3,10H2,(H2,9,12). The molecule has 0 bridgehead atoms. The number of anilines is 1. The Morgan fingerprint density at radius 1 is 1.43 bits per heavy atom. The molecule has 1 heterocycles. The predicted octanol–water partition coefficient (Wildman–Crippen LogP) is -0.602. The minimum atomic E-state index is -2.46. The lowest BCUT2D eigenvalue weighted by Crippen LogP contribution is -2.17. The van der Waals surface area contributed by atoms with Gasteiger partial charge in [-0.2, -0.15) is 0 Å². The predicted molar refractivity (Wildman–Crippen MR) is 45.1 cm³/mol. The van der Waals surface area contributed by atoms with Crippen LogP contribution in [-0.4, -0.2) is 34.5 Å². The third-order valence-electron chi connectivity index (χ3n) is 1.51. The van der Waals surface area contributed by atoms with E-state index in [-0.39, 0.29) is 12.6 Å². The number of nitrogens with two attached hydrogens (primary N) is 2. The molecule has 0 aliphatic heterocycles. The van der Waals surface area contributed by atoms with Crippen LogP contribution in [0.1, 0.15) is 5.82 Å². The maximum atomic E-state index is 11.6. The Morgan fingerprint density at radius 2 is 2.14 bits per heavy atom. The molecular weight excluding hydrogens is 196 g/mol. The Bertz CT molecular complexity index is 290. The molecule has 0 aromatic carbocycles. The molecule has 6 nitrogen and oxygen atoms in total. The van der Waals surface area contributed by atoms with Crippen molar-refractivity contribution in [2.75, 3.05) is 24.8 Å². The van der Waals surface area contributed by atoms with Crippen molar-refractivity contribution in [2.45, 2.75) is 12.8 Å². The summed E-state index contributed by atoms with van der Waals surface area (Å²) >= 11 is 0. The lowest BCUT2D eigenvalue weighted by Gasteiger charge is -2.02. The number of hydrogen-bond acceptors (Lipinski definition) is 5. The molecule has 1 aromatic rings. The van der Waals surface area contributed by atoms with Crippen molar-refractivity contribution in [2.24, 2.45) is 0 Å². The van der Waals surface area contributed by atoms with Crippen LogP contribution in [-0.2, 0) is 11.2 Å². The van der Waals surface area contributed by atoms with Crippen LogP contribution in [0, 0.1) is 0 Å². The first kappa shape index (κ1) is 10.6. The van der Waals surface area contributed by atoms with Crippen molar-refractivity contribution in [3.05, 3.63) is 5.82 Å². The molecule has 0 unspecified atom stereocenters. The van der Waals surface area contributed by atoms with Gasteiger partial charge in [0.25, 0.3) is 6.43 Å². The van der Waals surface area contributed by atoms with Crippen molar-refractivity contribution >= 4 is 5.95 Å². The van der Waals surface area contributed by atoms with Crippen LogP contribution in [0.2, 0.25) is 0 Å². The number of nitrogens with zero attached hydrogens (tertiary/aromatic N) is 3. The first-order chi connectivity index (χ1) is 6.61. The number of aromatic nitrogens is 3. The first-order valence-corrected chi connectivity index (χ1v) is 3.92. The Kier molecular flexibility index (Phi) is 3.57. The highest BCUT2D eigenvalue weighted by molar-refractivity contribution is 5.16. The van der Waals surface area contributed by atoms with Crippen LogP contribution < -0.4 is 11.6 Å². The van der Waals surface area contributed by atoms with Gasteiger partial charge in [0.2, 0.25) is 5.95 Å². The second kappa shape index (κ2) is 4.70. The third-order valence-corrected chi connectivity index (χ3v) is 1.51. The monoisotopic (exact) mass is 207 g/mol. The number of hydrogen-bond donors (Lipinski definition) is 2. The van der Waals surface area contributed by atoms with Gasteiger partial charge in [-0.05, 0) is 0 Å². The fourth-order valence-electron chi connectivity index (χ4n) is 0.844. The van der Waals surface area contributed by atoms with E-state index in [0.29, 0.717) is 12.2 Å². The fraction of sp³-hybridized carbons (Fsp3) is 0.667. The number of rotatable bonds is 5. The van der Waals surface area contributed by atoms with Gasteiger partial charge in [0.1, 0.15) is 6.61 Å². The number of halogens is 2. The number of nitrogen functional groups attached to an aromatic ring is 2. The summed E-state index contributed by atoms with van der Waals surface area (Å²) in [6, 6.07) is 0. The van der Waals surface area contributed by atoms with Crippen molar-refractivity contribution in [1.82, 2.24) is 14.9 Å². The van der Waals surface area contributed by atoms with E-state index in [0.717, 1.165) is 4.68 Å². The highest BCUT2D eigenvalue weighted by atomic mass is 19.3. The van der Waals surface area contributed by atoms with Gasteiger partial charge in [-0.25, -0.2) is 13.5 Å². The quantitative estimate of drug-likeness (QED) is 0.496. The molecule has 8 heteroatoms. The summed E-state index contributed by atoms with van der Waals surface area (Å²) in [6.45, 7) is -0.478. The Balaban J connectivity index is 2.28. The molecular formula is C6H11F2N5O. The third kappa shape index (κ3) is 2.80. The normalized spacial score (nSPS) is 11.1. The Labute approximate surface area is 78.8 Å². The number of alkyl halides is 2. The molecule has 0 aliphatic rings. The van der Waals surface area contributed by atoms with Gasteiger partial charge in [0.15, 0.2) is 5.82 Å². The lowest BCUT2D eigenvalue weighted by atomic mass is 10.4. The molecule has 0 fully saturated rings. The zero-order valence-corrected chi connectivity index (χ0v) is 7.36.